The van der Waals surface area contributed by atoms with Crippen molar-refractivity contribution < 1.29 is 9.18 Å². The van der Waals surface area contributed by atoms with E-state index in [1.54, 1.807) is 24.0 Å². The highest BCUT2D eigenvalue weighted by molar-refractivity contribution is 6.30. The number of halogens is 2. The van der Waals surface area contributed by atoms with Crippen LogP contribution in [-0.4, -0.2) is 15.6 Å². The fourth-order valence-electron chi connectivity index (χ4n) is 1.96. The van der Waals surface area contributed by atoms with Gasteiger partial charge in [-0.2, -0.15) is 5.10 Å². The van der Waals surface area contributed by atoms with Gasteiger partial charge in [-0.05, 0) is 24.1 Å². The molecule has 0 saturated heterocycles. The van der Waals surface area contributed by atoms with E-state index in [4.69, 9.17) is 11.6 Å². The zero-order valence-electron chi connectivity index (χ0n) is 10.8. The molecule has 0 bridgehead atoms. The van der Waals surface area contributed by atoms with Crippen LogP contribution >= 0.6 is 11.6 Å². The molecule has 0 aliphatic heterocycles. The maximum atomic E-state index is 13.1. The van der Waals surface area contributed by atoms with E-state index in [-0.39, 0.29) is 17.2 Å². The van der Waals surface area contributed by atoms with E-state index in [0.29, 0.717) is 17.5 Å². The van der Waals surface area contributed by atoms with Gasteiger partial charge in [0.15, 0.2) is 5.78 Å². The Kier molecular flexibility index (Phi) is 4.00. The van der Waals surface area contributed by atoms with Crippen molar-refractivity contribution in [1.29, 1.82) is 0 Å². The molecule has 0 aliphatic rings. The summed E-state index contributed by atoms with van der Waals surface area (Å²) in [4.78, 5) is 12.2. The van der Waals surface area contributed by atoms with E-state index in [0.717, 1.165) is 5.69 Å². The first-order valence-corrected chi connectivity index (χ1v) is 6.38. The van der Waals surface area contributed by atoms with Gasteiger partial charge in [-0.25, -0.2) is 4.39 Å². The molecule has 1 aromatic carbocycles. The van der Waals surface area contributed by atoms with Crippen LogP contribution in [0, 0.1) is 5.82 Å². The van der Waals surface area contributed by atoms with Gasteiger partial charge in [0.2, 0.25) is 0 Å². The number of nitrogens with zero attached hydrogens (tertiary/aromatic N) is 2. The van der Waals surface area contributed by atoms with Gasteiger partial charge in [-0.15, -0.1) is 0 Å². The third-order valence-corrected chi connectivity index (χ3v) is 3.18. The molecule has 0 atom stereocenters. The molecule has 0 N–H and O–H groups in total. The second-order valence-electron chi connectivity index (χ2n) is 4.37. The molecular weight excluding hydrogens is 267 g/mol. The van der Waals surface area contributed by atoms with Gasteiger partial charge in [-0.3, -0.25) is 9.48 Å². The predicted octanol–water partition coefficient (Wildman–Crippen LogP) is 3.20. The fraction of sp³-hybridized carbons (Fsp3) is 0.286. The minimum atomic E-state index is -0.478. The quantitative estimate of drug-likeness (QED) is 0.806. The van der Waals surface area contributed by atoms with Gasteiger partial charge < -0.3 is 0 Å². The first-order chi connectivity index (χ1) is 9.01. The number of benzene rings is 1. The van der Waals surface area contributed by atoms with Crippen LogP contribution in [0.5, 0.6) is 0 Å². The highest BCUT2D eigenvalue weighted by Gasteiger charge is 2.15. The normalized spacial score (nSPS) is 10.7. The average molecular weight is 281 g/mol. The maximum absolute atomic E-state index is 13.1. The number of aromatic nitrogens is 2. The first kappa shape index (κ1) is 13.7. The number of hydrogen-bond acceptors (Lipinski definition) is 2. The summed E-state index contributed by atoms with van der Waals surface area (Å²) in [5, 5.41) is 4.27. The highest BCUT2D eigenvalue weighted by Crippen LogP contribution is 2.18. The van der Waals surface area contributed by atoms with E-state index in [1.807, 2.05) is 6.92 Å². The molecule has 5 heteroatoms. The molecule has 0 amide bonds. The van der Waals surface area contributed by atoms with Gasteiger partial charge in [-0.1, -0.05) is 24.6 Å². The third-order valence-electron chi connectivity index (χ3n) is 2.89. The van der Waals surface area contributed by atoms with Crippen molar-refractivity contribution in [2.45, 2.75) is 19.8 Å². The standard InChI is InChI=1S/C14H14ClFN2O/c1-3-13-10(8-18(2)17-13)14(19)7-9-4-5-12(16)11(15)6-9/h4-6,8H,3,7H2,1-2H3. The second-order valence-corrected chi connectivity index (χ2v) is 4.77. The van der Waals surface area contributed by atoms with Gasteiger partial charge in [0, 0.05) is 19.7 Å². The van der Waals surface area contributed by atoms with Crippen LogP contribution in [0.15, 0.2) is 24.4 Å². The molecular formula is C14H14ClFN2O. The summed E-state index contributed by atoms with van der Waals surface area (Å²) in [6.45, 7) is 1.95. The number of aryl methyl sites for hydroxylation is 2. The van der Waals surface area contributed by atoms with Crippen LogP contribution in [0.1, 0.15) is 28.5 Å². The SMILES string of the molecule is CCc1nn(C)cc1C(=O)Cc1ccc(F)c(Cl)c1. The largest absolute Gasteiger partial charge is 0.294 e. The molecule has 100 valence electrons. The molecule has 1 aromatic heterocycles. The lowest BCUT2D eigenvalue weighted by atomic mass is 10.0. The van der Waals surface area contributed by atoms with E-state index in [9.17, 15) is 9.18 Å². The zero-order chi connectivity index (χ0) is 14.0. The van der Waals surface area contributed by atoms with Crippen LogP contribution in [0.4, 0.5) is 4.39 Å². The Morgan fingerprint density at radius 1 is 1.47 bits per heavy atom. The number of carbonyl (C=O) groups excluding carboxylic acids is 1. The minimum Gasteiger partial charge on any atom is -0.294 e. The van der Waals surface area contributed by atoms with Crippen LogP contribution < -0.4 is 0 Å². The molecule has 19 heavy (non-hydrogen) atoms. The smallest absolute Gasteiger partial charge is 0.170 e. The van der Waals surface area contributed by atoms with E-state index in [1.165, 1.54) is 12.1 Å². The lowest BCUT2D eigenvalue weighted by Crippen LogP contribution is -2.05. The second kappa shape index (κ2) is 5.53. The van der Waals surface area contributed by atoms with Crippen molar-refractivity contribution in [2.24, 2.45) is 7.05 Å². The number of rotatable bonds is 4. The van der Waals surface area contributed by atoms with E-state index >= 15 is 0 Å². The summed E-state index contributed by atoms with van der Waals surface area (Å²) >= 11 is 5.70. The minimum absolute atomic E-state index is 0.0344. The van der Waals surface area contributed by atoms with Crippen molar-refractivity contribution in [2.75, 3.05) is 0 Å². The number of carbonyl (C=O) groups is 1. The Labute approximate surface area is 116 Å². The summed E-state index contributed by atoms with van der Waals surface area (Å²) in [5.41, 5.74) is 2.09. The summed E-state index contributed by atoms with van der Waals surface area (Å²) in [6, 6.07) is 4.33. The summed E-state index contributed by atoms with van der Waals surface area (Å²) in [6.07, 6.45) is 2.61. The Morgan fingerprint density at radius 2 is 2.21 bits per heavy atom. The first-order valence-electron chi connectivity index (χ1n) is 6.01. The molecule has 2 rings (SSSR count). The summed E-state index contributed by atoms with van der Waals surface area (Å²) in [7, 11) is 1.78. The van der Waals surface area contributed by atoms with E-state index in [2.05, 4.69) is 5.10 Å². The van der Waals surface area contributed by atoms with Gasteiger partial charge >= 0.3 is 0 Å². The number of ketones is 1. The van der Waals surface area contributed by atoms with Crippen molar-refractivity contribution in [3.63, 3.8) is 0 Å². The van der Waals surface area contributed by atoms with Crippen molar-refractivity contribution in [3.8, 4) is 0 Å². The highest BCUT2D eigenvalue weighted by atomic mass is 35.5. The number of Topliss-reactive ketones (excluding diaryl/α,β-unsaturated/α-hetero) is 1. The monoisotopic (exact) mass is 280 g/mol. The molecule has 1 heterocycles. The third kappa shape index (κ3) is 3.01. The Balaban J connectivity index is 2.22. The molecule has 0 saturated carbocycles. The number of hydrogen-bond donors (Lipinski definition) is 0. The van der Waals surface area contributed by atoms with E-state index < -0.39 is 5.82 Å². The Hall–Kier alpha value is -1.68. The lowest BCUT2D eigenvalue weighted by Gasteiger charge is -2.02. The molecule has 0 fully saturated rings. The fourth-order valence-corrected chi connectivity index (χ4v) is 2.16. The topological polar surface area (TPSA) is 34.9 Å². The maximum Gasteiger partial charge on any atom is 0.170 e. The average Bonchev–Trinajstić information content (AvgIpc) is 2.75. The van der Waals surface area contributed by atoms with Crippen LogP contribution in [0.25, 0.3) is 0 Å². The molecule has 0 unspecified atom stereocenters. The molecule has 0 spiro atoms. The molecule has 2 aromatic rings. The predicted molar refractivity (Wildman–Crippen MR) is 72.0 cm³/mol. The Bertz CT molecular complexity index is 622. The van der Waals surface area contributed by atoms with Crippen LogP contribution in [-0.2, 0) is 19.9 Å². The van der Waals surface area contributed by atoms with Gasteiger partial charge in [0.05, 0.1) is 16.3 Å². The lowest BCUT2D eigenvalue weighted by molar-refractivity contribution is 0.0992. The van der Waals surface area contributed by atoms with Crippen molar-refractivity contribution in [1.82, 2.24) is 9.78 Å². The van der Waals surface area contributed by atoms with Crippen LogP contribution in [0.2, 0.25) is 5.02 Å². The zero-order valence-corrected chi connectivity index (χ0v) is 11.5. The molecule has 0 radical (unpaired) electrons. The Morgan fingerprint density at radius 3 is 2.84 bits per heavy atom. The summed E-state index contributed by atoms with van der Waals surface area (Å²) < 4.78 is 14.7. The summed E-state index contributed by atoms with van der Waals surface area (Å²) in [5.74, 6) is -0.513. The van der Waals surface area contributed by atoms with Gasteiger partial charge in [0.25, 0.3) is 0 Å². The van der Waals surface area contributed by atoms with Crippen LogP contribution in [0.3, 0.4) is 0 Å². The van der Waals surface area contributed by atoms with Gasteiger partial charge in [0.1, 0.15) is 5.82 Å². The molecule has 0 aliphatic carbocycles. The molecule has 3 nitrogen and oxygen atoms in total. The van der Waals surface area contributed by atoms with Crippen molar-refractivity contribution >= 4 is 17.4 Å². The van der Waals surface area contributed by atoms with Crippen molar-refractivity contribution in [3.05, 3.63) is 52.1 Å².